The molecule has 0 aliphatic carbocycles. The van der Waals surface area contributed by atoms with Crippen LogP contribution in [0.3, 0.4) is 0 Å². The monoisotopic (exact) mass is 291 g/mol. The van der Waals surface area contributed by atoms with Gasteiger partial charge in [-0.15, -0.1) is 0 Å². The van der Waals surface area contributed by atoms with E-state index < -0.39 is 10.9 Å². The van der Waals surface area contributed by atoms with Gasteiger partial charge in [0.15, 0.2) is 5.57 Å². The molecule has 0 heterocycles. The summed E-state index contributed by atoms with van der Waals surface area (Å²) in [6.07, 6.45) is 1.11. The highest BCUT2D eigenvalue weighted by Crippen LogP contribution is 2.28. The van der Waals surface area contributed by atoms with Crippen LogP contribution in [0.4, 0.5) is 11.4 Å². The molecule has 110 valence electrons. The summed E-state index contributed by atoms with van der Waals surface area (Å²) < 4.78 is 9.73. The highest BCUT2D eigenvalue weighted by molar-refractivity contribution is 5.93. The standard InChI is InChI=1S/C13H13N3O5/c1-3-21-13(17)9(7-14)8-15-11-6-10(16(18)19)4-5-12(11)20-2/h4-6,8,15H,3H2,1-2H3/b9-8+. The lowest BCUT2D eigenvalue weighted by molar-refractivity contribution is -0.384. The van der Waals surface area contributed by atoms with Gasteiger partial charge in [-0.3, -0.25) is 10.1 Å². The number of methoxy groups -OCH3 is 1. The molecule has 0 saturated carbocycles. The molecule has 1 rings (SSSR count). The van der Waals surface area contributed by atoms with Crippen molar-refractivity contribution in [3.8, 4) is 11.8 Å². The Morgan fingerprint density at radius 1 is 1.57 bits per heavy atom. The average Bonchev–Trinajstić information content (AvgIpc) is 2.47. The first-order chi connectivity index (χ1) is 10.0. The summed E-state index contributed by atoms with van der Waals surface area (Å²) >= 11 is 0. The summed E-state index contributed by atoms with van der Waals surface area (Å²) in [6, 6.07) is 5.60. The number of nitriles is 1. The number of benzene rings is 1. The second kappa shape index (κ2) is 7.49. The first kappa shape index (κ1) is 16.0. The van der Waals surface area contributed by atoms with Gasteiger partial charge in [0.1, 0.15) is 11.8 Å². The molecule has 0 aliphatic rings. The van der Waals surface area contributed by atoms with Gasteiger partial charge in [0.2, 0.25) is 0 Å². The predicted octanol–water partition coefficient (Wildman–Crippen LogP) is 1.99. The van der Waals surface area contributed by atoms with Crippen molar-refractivity contribution in [2.75, 3.05) is 19.0 Å². The Kier molecular flexibility index (Phi) is 5.70. The smallest absolute Gasteiger partial charge is 0.350 e. The largest absolute Gasteiger partial charge is 0.495 e. The summed E-state index contributed by atoms with van der Waals surface area (Å²) in [6.45, 7) is 1.75. The lowest BCUT2D eigenvalue weighted by atomic mass is 10.2. The van der Waals surface area contributed by atoms with Gasteiger partial charge in [-0.2, -0.15) is 5.26 Å². The fraction of sp³-hybridized carbons (Fsp3) is 0.231. The summed E-state index contributed by atoms with van der Waals surface area (Å²) in [5.74, 6) is -0.449. The maximum Gasteiger partial charge on any atom is 0.350 e. The highest BCUT2D eigenvalue weighted by Gasteiger charge is 2.13. The van der Waals surface area contributed by atoms with E-state index in [1.54, 1.807) is 13.0 Å². The Hall–Kier alpha value is -3.08. The van der Waals surface area contributed by atoms with Crippen molar-refractivity contribution < 1.29 is 19.2 Å². The number of nitrogens with one attached hydrogen (secondary N) is 1. The lowest BCUT2D eigenvalue weighted by Gasteiger charge is -2.08. The topological polar surface area (TPSA) is 114 Å². The van der Waals surface area contributed by atoms with Crippen molar-refractivity contribution >= 4 is 17.3 Å². The van der Waals surface area contributed by atoms with Gasteiger partial charge >= 0.3 is 5.97 Å². The molecule has 0 aliphatic heterocycles. The fourth-order valence-electron chi connectivity index (χ4n) is 1.42. The molecule has 0 saturated heterocycles. The molecule has 0 spiro atoms. The first-order valence-corrected chi connectivity index (χ1v) is 5.89. The summed E-state index contributed by atoms with van der Waals surface area (Å²) in [5.41, 5.74) is -0.157. The van der Waals surface area contributed by atoms with Gasteiger partial charge in [-0.1, -0.05) is 0 Å². The Labute approximate surface area is 120 Å². The first-order valence-electron chi connectivity index (χ1n) is 5.89. The van der Waals surface area contributed by atoms with Crippen molar-refractivity contribution in [2.45, 2.75) is 6.92 Å². The molecule has 0 radical (unpaired) electrons. The molecule has 8 nitrogen and oxygen atoms in total. The van der Waals surface area contributed by atoms with Crippen molar-refractivity contribution in [3.05, 3.63) is 40.1 Å². The molecule has 1 aromatic carbocycles. The minimum atomic E-state index is -0.781. The molecule has 21 heavy (non-hydrogen) atoms. The quantitative estimate of drug-likeness (QED) is 0.280. The van der Waals surface area contributed by atoms with Crippen molar-refractivity contribution in [3.63, 3.8) is 0 Å². The van der Waals surface area contributed by atoms with Crippen LogP contribution in [0.5, 0.6) is 5.75 Å². The molecule has 0 aromatic heterocycles. The van der Waals surface area contributed by atoms with Gasteiger partial charge in [0.25, 0.3) is 5.69 Å². The van der Waals surface area contributed by atoms with E-state index >= 15 is 0 Å². The van der Waals surface area contributed by atoms with Gasteiger partial charge in [-0.05, 0) is 13.0 Å². The molecule has 0 bridgehead atoms. The Balaban J connectivity index is 3.05. The number of rotatable bonds is 6. The van der Waals surface area contributed by atoms with E-state index in [0.29, 0.717) is 5.75 Å². The number of carbonyl (C=O) groups is 1. The molecule has 0 amide bonds. The minimum Gasteiger partial charge on any atom is -0.495 e. The van der Waals surface area contributed by atoms with E-state index in [9.17, 15) is 14.9 Å². The summed E-state index contributed by atoms with van der Waals surface area (Å²) in [7, 11) is 1.40. The molecule has 0 unspecified atom stereocenters. The number of hydrogen-bond acceptors (Lipinski definition) is 7. The molecule has 0 fully saturated rings. The Bertz CT molecular complexity index is 619. The summed E-state index contributed by atoms with van der Waals surface area (Å²) in [5, 5.41) is 22.2. The van der Waals surface area contributed by atoms with Crippen LogP contribution < -0.4 is 10.1 Å². The number of nitro groups is 1. The number of ether oxygens (including phenoxy) is 2. The molecular weight excluding hydrogens is 278 g/mol. The number of hydrogen-bond donors (Lipinski definition) is 1. The van der Waals surface area contributed by atoms with Crippen LogP contribution in [0.2, 0.25) is 0 Å². The van der Waals surface area contributed by atoms with Crippen LogP contribution in [0.15, 0.2) is 30.0 Å². The highest BCUT2D eigenvalue weighted by atomic mass is 16.6. The number of non-ortho nitro benzene ring substituents is 1. The van der Waals surface area contributed by atoms with Crippen LogP contribution >= 0.6 is 0 Å². The zero-order valence-electron chi connectivity index (χ0n) is 11.5. The third kappa shape index (κ3) is 4.21. The number of esters is 1. The van der Waals surface area contributed by atoms with Crippen LogP contribution in [0.25, 0.3) is 0 Å². The van der Waals surface area contributed by atoms with Gasteiger partial charge < -0.3 is 14.8 Å². The van der Waals surface area contributed by atoms with Gasteiger partial charge in [-0.25, -0.2) is 4.79 Å². The SMILES string of the molecule is CCOC(=O)/C(C#N)=C/Nc1cc([N+](=O)[O-])ccc1OC. The fourth-order valence-corrected chi connectivity index (χ4v) is 1.42. The summed E-state index contributed by atoms with van der Waals surface area (Å²) in [4.78, 5) is 21.6. The third-order valence-corrected chi connectivity index (χ3v) is 2.38. The van der Waals surface area contributed by atoms with Crippen LogP contribution in [-0.2, 0) is 9.53 Å². The number of carbonyl (C=O) groups excluding carboxylic acids is 1. The number of nitro benzene ring substituents is 1. The van der Waals surface area contributed by atoms with Crippen molar-refractivity contribution in [2.24, 2.45) is 0 Å². The normalized spacial score (nSPS) is 10.4. The van der Waals surface area contributed by atoms with Gasteiger partial charge in [0.05, 0.1) is 24.3 Å². The molecule has 8 heteroatoms. The van der Waals surface area contributed by atoms with Crippen LogP contribution in [0, 0.1) is 21.4 Å². The molecular formula is C13H13N3O5. The zero-order valence-corrected chi connectivity index (χ0v) is 11.5. The second-order valence-electron chi connectivity index (χ2n) is 3.68. The van der Waals surface area contributed by atoms with Crippen molar-refractivity contribution in [1.29, 1.82) is 5.26 Å². The predicted molar refractivity (Wildman–Crippen MR) is 73.6 cm³/mol. The van der Waals surface area contributed by atoms with E-state index in [1.807, 2.05) is 0 Å². The lowest BCUT2D eigenvalue weighted by Crippen LogP contribution is -2.08. The van der Waals surface area contributed by atoms with Crippen LogP contribution in [0.1, 0.15) is 6.92 Å². The zero-order chi connectivity index (χ0) is 15.8. The maximum absolute atomic E-state index is 11.4. The maximum atomic E-state index is 11.4. The van der Waals surface area contributed by atoms with E-state index in [4.69, 9.17) is 14.7 Å². The average molecular weight is 291 g/mol. The Morgan fingerprint density at radius 2 is 2.29 bits per heavy atom. The van der Waals surface area contributed by atoms with E-state index in [0.717, 1.165) is 6.20 Å². The molecule has 0 atom stereocenters. The third-order valence-electron chi connectivity index (χ3n) is 2.38. The Morgan fingerprint density at radius 3 is 2.81 bits per heavy atom. The molecule has 1 aromatic rings. The van der Waals surface area contributed by atoms with E-state index in [-0.39, 0.29) is 23.6 Å². The van der Waals surface area contributed by atoms with E-state index in [1.165, 1.54) is 25.3 Å². The number of anilines is 1. The van der Waals surface area contributed by atoms with Crippen LogP contribution in [-0.4, -0.2) is 24.6 Å². The van der Waals surface area contributed by atoms with E-state index in [2.05, 4.69) is 5.32 Å². The molecule has 1 N–H and O–H groups in total. The van der Waals surface area contributed by atoms with Gasteiger partial charge in [0, 0.05) is 18.3 Å². The van der Waals surface area contributed by atoms with Crippen molar-refractivity contribution in [1.82, 2.24) is 0 Å². The minimum absolute atomic E-state index is 0.137. The second-order valence-corrected chi connectivity index (χ2v) is 3.68. The number of nitrogens with zero attached hydrogens (tertiary/aromatic N) is 2.